The molecule has 1 N–H and O–H groups in total. The van der Waals surface area contributed by atoms with E-state index in [9.17, 15) is 0 Å². The van der Waals surface area contributed by atoms with Crippen molar-refractivity contribution in [2.24, 2.45) is 0 Å². The minimum atomic E-state index is 0.699. The van der Waals surface area contributed by atoms with E-state index in [4.69, 9.17) is 5.21 Å². The molecule has 1 aliphatic heterocycles. The van der Waals surface area contributed by atoms with Gasteiger partial charge < -0.3 is 10.1 Å². The summed E-state index contributed by atoms with van der Waals surface area (Å²) < 4.78 is 0. The predicted octanol–water partition coefficient (Wildman–Crippen LogP) is 0.792. The Kier molecular flexibility index (Phi) is 3.30. The minimum Gasteiger partial charge on any atom is -0.314 e. The van der Waals surface area contributed by atoms with Gasteiger partial charge in [0.1, 0.15) is 0 Å². The third kappa shape index (κ3) is 2.77. The Balaban J connectivity index is 2.15. The number of nitrogens with zero attached hydrogens (tertiary/aromatic N) is 2. The van der Waals surface area contributed by atoms with Crippen molar-refractivity contribution in [3.05, 3.63) is 0 Å². The highest BCUT2D eigenvalue weighted by Crippen LogP contribution is 2.17. The topological polar surface area (TPSA) is 26.7 Å². The van der Waals surface area contributed by atoms with Crippen LogP contribution in [-0.4, -0.2) is 48.4 Å². The molecule has 1 unspecified atom stereocenters. The van der Waals surface area contributed by atoms with Crippen LogP contribution in [0, 0.1) is 0 Å². The van der Waals surface area contributed by atoms with Crippen LogP contribution in [0.3, 0.4) is 0 Å². The summed E-state index contributed by atoms with van der Waals surface area (Å²) in [4.78, 5) is 2.38. The van der Waals surface area contributed by atoms with Gasteiger partial charge in [-0.15, -0.1) is 0 Å². The Bertz CT molecular complexity index is 117. The van der Waals surface area contributed by atoms with Crippen LogP contribution < -0.4 is 0 Å². The third-order valence-corrected chi connectivity index (χ3v) is 2.46. The fraction of sp³-hybridized carbons (Fsp3) is 1.00. The summed E-state index contributed by atoms with van der Waals surface area (Å²) in [5, 5.41) is 10.2. The largest absolute Gasteiger partial charge is 0.314 e. The first-order valence-electron chi connectivity index (χ1n) is 4.30. The molecule has 0 aromatic carbocycles. The van der Waals surface area contributed by atoms with Crippen molar-refractivity contribution >= 4 is 0 Å². The standard InChI is InChI=1S/C8H18N2O/c1-9-6-3-4-8(9)5-7-10(2)11/h8,11H,3-7H2,1-2H3. The lowest BCUT2D eigenvalue weighted by Gasteiger charge is -2.20. The van der Waals surface area contributed by atoms with Crippen LogP contribution in [0.25, 0.3) is 0 Å². The number of rotatable bonds is 3. The molecule has 1 atom stereocenters. The van der Waals surface area contributed by atoms with Crippen molar-refractivity contribution in [2.75, 3.05) is 27.2 Å². The lowest BCUT2D eigenvalue weighted by molar-refractivity contribution is -0.0683. The van der Waals surface area contributed by atoms with Crippen molar-refractivity contribution in [3.63, 3.8) is 0 Å². The van der Waals surface area contributed by atoms with Crippen molar-refractivity contribution < 1.29 is 5.21 Å². The first-order chi connectivity index (χ1) is 5.20. The molecule has 0 aromatic rings. The van der Waals surface area contributed by atoms with Gasteiger partial charge in [0.15, 0.2) is 0 Å². The van der Waals surface area contributed by atoms with Gasteiger partial charge in [0.25, 0.3) is 0 Å². The van der Waals surface area contributed by atoms with Crippen LogP contribution in [0.4, 0.5) is 0 Å². The van der Waals surface area contributed by atoms with Gasteiger partial charge in [0, 0.05) is 19.6 Å². The molecule has 0 spiro atoms. The first-order valence-corrected chi connectivity index (χ1v) is 4.30. The predicted molar refractivity (Wildman–Crippen MR) is 44.7 cm³/mol. The smallest absolute Gasteiger partial charge is 0.0249 e. The first kappa shape index (κ1) is 8.97. The number of hydrogen-bond donors (Lipinski definition) is 1. The second kappa shape index (κ2) is 4.04. The normalized spacial score (nSPS) is 26.7. The van der Waals surface area contributed by atoms with E-state index in [1.165, 1.54) is 24.4 Å². The number of likely N-dealkylation sites (tertiary alicyclic amines) is 1. The van der Waals surface area contributed by atoms with Crippen molar-refractivity contribution in [1.29, 1.82) is 0 Å². The molecular formula is C8H18N2O. The maximum Gasteiger partial charge on any atom is 0.0249 e. The molecule has 1 heterocycles. The van der Waals surface area contributed by atoms with Gasteiger partial charge in [-0.05, 0) is 32.9 Å². The molecule has 1 rings (SSSR count). The quantitative estimate of drug-likeness (QED) is 0.615. The van der Waals surface area contributed by atoms with Crippen molar-refractivity contribution in [3.8, 4) is 0 Å². The lowest BCUT2D eigenvalue weighted by atomic mass is 10.1. The molecule has 1 saturated heterocycles. The van der Waals surface area contributed by atoms with Crippen molar-refractivity contribution in [2.45, 2.75) is 25.3 Å². The Labute approximate surface area is 68.6 Å². The van der Waals surface area contributed by atoms with Gasteiger partial charge in [-0.25, -0.2) is 0 Å². The van der Waals surface area contributed by atoms with E-state index in [0.29, 0.717) is 6.04 Å². The van der Waals surface area contributed by atoms with Crippen LogP contribution >= 0.6 is 0 Å². The average Bonchev–Trinajstić information content (AvgIpc) is 2.31. The van der Waals surface area contributed by atoms with Gasteiger partial charge in [-0.2, -0.15) is 5.06 Å². The molecule has 3 nitrogen and oxygen atoms in total. The summed E-state index contributed by atoms with van der Waals surface area (Å²) in [5.41, 5.74) is 0. The van der Waals surface area contributed by atoms with E-state index in [1.54, 1.807) is 7.05 Å². The maximum absolute atomic E-state index is 8.91. The lowest BCUT2D eigenvalue weighted by Crippen LogP contribution is -2.28. The molecule has 0 bridgehead atoms. The van der Waals surface area contributed by atoms with Gasteiger partial charge in [0.05, 0.1) is 0 Å². The molecule has 11 heavy (non-hydrogen) atoms. The van der Waals surface area contributed by atoms with E-state index in [2.05, 4.69) is 11.9 Å². The summed E-state index contributed by atoms with van der Waals surface area (Å²) in [6, 6.07) is 0.699. The highest BCUT2D eigenvalue weighted by atomic mass is 16.5. The average molecular weight is 158 g/mol. The second-order valence-corrected chi connectivity index (χ2v) is 3.45. The zero-order valence-corrected chi connectivity index (χ0v) is 7.45. The molecule has 0 aliphatic carbocycles. The van der Waals surface area contributed by atoms with Crippen molar-refractivity contribution in [1.82, 2.24) is 9.96 Å². The molecule has 3 heteroatoms. The summed E-state index contributed by atoms with van der Waals surface area (Å²) >= 11 is 0. The molecule has 0 aromatic heterocycles. The van der Waals surface area contributed by atoms with Gasteiger partial charge in [0.2, 0.25) is 0 Å². The fourth-order valence-corrected chi connectivity index (χ4v) is 1.68. The summed E-state index contributed by atoms with van der Waals surface area (Å²) in [5.74, 6) is 0. The minimum absolute atomic E-state index is 0.699. The van der Waals surface area contributed by atoms with E-state index < -0.39 is 0 Å². The van der Waals surface area contributed by atoms with E-state index >= 15 is 0 Å². The summed E-state index contributed by atoms with van der Waals surface area (Å²) in [6.45, 7) is 2.01. The molecule has 66 valence electrons. The molecule has 0 amide bonds. The van der Waals surface area contributed by atoms with Crippen LogP contribution in [-0.2, 0) is 0 Å². The van der Waals surface area contributed by atoms with Crippen LogP contribution in [0.5, 0.6) is 0 Å². The van der Waals surface area contributed by atoms with Gasteiger partial charge >= 0.3 is 0 Å². The van der Waals surface area contributed by atoms with Gasteiger partial charge in [-0.1, -0.05) is 0 Å². The molecule has 1 aliphatic rings. The van der Waals surface area contributed by atoms with Crippen LogP contribution in [0.1, 0.15) is 19.3 Å². The van der Waals surface area contributed by atoms with E-state index in [1.807, 2.05) is 0 Å². The Morgan fingerprint density at radius 3 is 2.82 bits per heavy atom. The SMILES string of the molecule is CN(O)CCC1CCCN1C. The van der Waals surface area contributed by atoms with Crippen LogP contribution in [0.15, 0.2) is 0 Å². The zero-order chi connectivity index (χ0) is 8.27. The third-order valence-electron chi connectivity index (χ3n) is 2.46. The summed E-state index contributed by atoms with van der Waals surface area (Å²) in [6.07, 6.45) is 3.70. The fourth-order valence-electron chi connectivity index (χ4n) is 1.68. The Hall–Kier alpha value is -0.120. The highest BCUT2D eigenvalue weighted by molar-refractivity contribution is 4.76. The summed E-state index contributed by atoms with van der Waals surface area (Å²) in [7, 11) is 3.87. The molecule has 1 fully saturated rings. The second-order valence-electron chi connectivity index (χ2n) is 3.45. The Morgan fingerprint density at radius 2 is 2.36 bits per heavy atom. The maximum atomic E-state index is 8.91. The number of hydrogen-bond acceptors (Lipinski definition) is 3. The molecule has 0 saturated carbocycles. The van der Waals surface area contributed by atoms with E-state index in [0.717, 1.165) is 13.0 Å². The molecule has 0 radical (unpaired) electrons. The molecular weight excluding hydrogens is 140 g/mol. The van der Waals surface area contributed by atoms with E-state index in [-0.39, 0.29) is 0 Å². The monoisotopic (exact) mass is 158 g/mol. The van der Waals surface area contributed by atoms with Crippen LogP contribution in [0.2, 0.25) is 0 Å². The Morgan fingerprint density at radius 1 is 1.64 bits per heavy atom. The number of hydroxylamine groups is 2. The van der Waals surface area contributed by atoms with Gasteiger partial charge in [-0.3, -0.25) is 0 Å². The zero-order valence-electron chi connectivity index (χ0n) is 7.45. The highest BCUT2D eigenvalue weighted by Gasteiger charge is 2.20.